The average molecular weight is 313 g/mol. The Morgan fingerprint density at radius 3 is 2.35 bits per heavy atom. The molecule has 0 unspecified atom stereocenters. The molecule has 1 amide bonds. The van der Waals surface area contributed by atoms with E-state index in [1.54, 1.807) is 6.92 Å². The van der Waals surface area contributed by atoms with Crippen molar-refractivity contribution in [3.8, 4) is 0 Å². The van der Waals surface area contributed by atoms with Gasteiger partial charge in [0, 0.05) is 6.07 Å². The van der Waals surface area contributed by atoms with E-state index in [1.807, 2.05) is 19.1 Å². The van der Waals surface area contributed by atoms with E-state index in [1.165, 1.54) is 11.6 Å². The van der Waals surface area contributed by atoms with Gasteiger partial charge in [-0.1, -0.05) is 45.0 Å². The van der Waals surface area contributed by atoms with Crippen molar-refractivity contribution in [2.45, 2.75) is 46.1 Å². The lowest BCUT2D eigenvalue weighted by Crippen LogP contribution is -2.29. The second-order valence-corrected chi connectivity index (χ2v) is 6.78. The summed E-state index contributed by atoms with van der Waals surface area (Å²) in [4.78, 5) is 30.2. The SMILES string of the molecule is Cc1nc(C(=O)N[C@@H](C)c2ccc(C(C)(C)C)cc2)cc(=O)[nH]1. The first kappa shape index (κ1) is 16.9. The van der Waals surface area contributed by atoms with Gasteiger partial charge in [-0.2, -0.15) is 0 Å². The predicted octanol–water partition coefficient (Wildman–Crippen LogP) is 2.87. The van der Waals surface area contributed by atoms with E-state index in [-0.39, 0.29) is 28.6 Å². The number of hydrogen-bond acceptors (Lipinski definition) is 3. The van der Waals surface area contributed by atoms with E-state index < -0.39 is 0 Å². The highest BCUT2D eigenvalue weighted by molar-refractivity contribution is 5.92. The average Bonchev–Trinajstić information content (AvgIpc) is 2.45. The highest BCUT2D eigenvalue weighted by Gasteiger charge is 2.16. The summed E-state index contributed by atoms with van der Waals surface area (Å²) in [5.74, 6) is 0.0661. The Balaban J connectivity index is 2.13. The Kier molecular flexibility index (Phi) is 4.68. The molecule has 2 rings (SSSR count). The molecule has 5 nitrogen and oxygen atoms in total. The van der Waals surface area contributed by atoms with E-state index in [2.05, 4.69) is 48.2 Å². The maximum atomic E-state index is 12.2. The maximum Gasteiger partial charge on any atom is 0.270 e. The summed E-state index contributed by atoms with van der Waals surface area (Å²) in [7, 11) is 0. The predicted molar refractivity (Wildman–Crippen MR) is 90.6 cm³/mol. The zero-order chi connectivity index (χ0) is 17.2. The molecular formula is C18H23N3O2. The maximum absolute atomic E-state index is 12.2. The molecule has 0 radical (unpaired) electrons. The minimum atomic E-state index is -0.355. The van der Waals surface area contributed by atoms with Crippen molar-refractivity contribution in [2.24, 2.45) is 0 Å². The number of rotatable bonds is 3. The summed E-state index contributed by atoms with van der Waals surface area (Å²) < 4.78 is 0. The number of nitrogens with zero attached hydrogens (tertiary/aromatic N) is 1. The van der Waals surface area contributed by atoms with Crippen molar-refractivity contribution in [3.63, 3.8) is 0 Å². The van der Waals surface area contributed by atoms with Gasteiger partial charge in [0.05, 0.1) is 6.04 Å². The van der Waals surface area contributed by atoms with Gasteiger partial charge in [-0.25, -0.2) is 4.98 Å². The molecule has 23 heavy (non-hydrogen) atoms. The summed E-state index contributed by atoms with van der Waals surface area (Å²) >= 11 is 0. The van der Waals surface area contributed by atoms with E-state index in [4.69, 9.17) is 0 Å². The first-order valence-corrected chi connectivity index (χ1v) is 7.66. The smallest absolute Gasteiger partial charge is 0.270 e. The van der Waals surface area contributed by atoms with Crippen LogP contribution in [-0.4, -0.2) is 15.9 Å². The molecule has 0 saturated heterocycles. The van der Waals surface area contributed by atoms with E-state index in [0.717, 1.165) is 5.56 Å². The minimum Gasteiger partial charge on any atom is -0.344 e. The van der Waals surface area contributed by atoms with Crippen molar-refractivity contribution in [2.75, 3.05) is 0 Å². The van der Waals surface area contributed by atoms with Crippen LogP contribution >= 0.6 is 0 Å². The van der Waals surface area contributed by atoms with E-state index in [9.17, 15) is 9.59 Å². The van der Waals surface area contributed by atoms with E-state index in [0.29, 0.717) is 5.82 Å². The van der Waals surface area contributed by atoms with Crippen molar-refractivity contribution < 1.29 is 4.79 Å². The fourth-order valence-electron chi connectivity index (χ4n) is 2.32. The molecular weight excluding hydrogens is 290 g/mol. The molecule has 122 valence electrons. The standard InChI is InChI=1S/C18H23N3O2/c1-11(13-6-8-14(9-7-13)18(3,4)5)19-17(23)15-10-16(22)21-12(2)20-15/h6-11H,1-5H3,(H,19,23)(H,20,21,22)/t11-/m0/s1. The Morgan fingerprint density at radius 2 is 1.83 bits per heavy atom. The molecule has 0 aliphatic heterocycles. The number of aromatic nitrogens is 2. The van der Waals surface area contributed by atoms with Crippen LogP contribution in [0.2, 0.25) is 0 Å². The quantitative estimate of drug-likeness (QED) is 0.915. The van der Waals surface area contributed by atoms with Crippen LogP contribution in [0.25, 0.3) is 0 Å². The van der Waals surface area contributed by atoms with Crippen molar-refractivity contribution in [1.29, 1.82) is 0 Å². The molecule has 5 heteroatoms. The Hall–Kier alpha value is -2.43. The van der Waals surface area contributed by atoms with Crippen LogP contribution in [-0.2, 0) is 5.41 Å². The molecule has 0 saturated carbocycles. The first-order chi connectivity index (χ1) is 10.7. The lowest BCUT2D eigenvalue weighted by Gasteiger charge is -2.20. The van der Waals surface area contributed by atoms with Crippen LogP contribution in [0.5, 0.6) is 0 Å². The number of aryl methyl sites for hydroxylation is 1. The third kappa shape index (κ3) is 4.28. The number of carbonyl (C=O) groups is 1. The molecule has 0 bridgehead atoms. The summed E-state index contributed by atoms with van der Waals surface area (Å²) in [6, 6.07) is 9.22. The molecule has 2 N–H and O–H groups in total. The number of amides is 1. The highest BCUT2D eigenvalue weighted by Crippen LogP contribution is 2.23. The molecule has 1 aromatic carbocycles. The van der Waals surface area contributed by atoms with Crippen LogP contribution in [0, 0.1) is 6.92 Å². The van der Waals surface area contributed by atoms with Crippen LogP contribution in [0.15, 0.2) is 35.1 Å². The summed E-state index contributed by atoms with van der Waals surface area (Å²) in [6.07, 6.45) is 0. The first-order valence-electron chi connectivity index (χ1n) is 7.66. The van der Waals surface area contributed by atoms with Gasteiger partial charge in [0.25, 0.3) is 11.5 Å². The molecule has 0 aliphatic rings. The molecule has 0 aliphatic carbocycles. The second-order valence-electron chi connectivity index (χ2n) is 6.78. The van der Waals surface area contributed by atoms with Gasteiger partial charge < -0.3 is 10.3 Å². The third-order valence-electron chi connectivity index (χ3n) is 3.72. The zero-order valence-electron chi connectivity index (χ0n) is 14.2. The van der Waals surface area contributed by atoms with Gasteiger partial charge >= 0.3 is 0 Å². The minimum absolute atomic E-state index is 0.0948. The van der Waals surface area contributed by atoms with Gasteiger partial charge in [0.15, 0.2) is 0 Å². The van der Waals surface area contributed by atoms with Gasteiger partial charge in [-0.15, -0.1) is 0 Å². The molecule has 1 heterocycles. The molecule has 2 aromatic rings. The van der Waals surface area contributed by atoms with Crippen molar-refractivity contribution in [3.05, 3.63) is 63.3 Å². The Labute approximate surface area is 136 Å². The highest BCUT2D eigenvalue weighted by atomic mass is 16.2. The summed E-state index contributed by atoms with van der Waals surface area (Å²) in [5.41, 5.74) is 2.14. The number of benzene rings is 1. The van der Waals surface area contributed by atoms with Crippen molar-refractivity contribution in [1.82, 2.24) is 15.3 Å². The molecule has 1 atom stereocenters. The van der Waals surface area contributed by atoms with Gasteiger partial charge in [0.2, 0.25) is 0 Å². The monoisotopic (exact) mass is 313 g/mol. The fourth-order valence-corrected chi connectivity index (χ4v) is 2.32. The number of H-pyrrole nitrogens is 1. The van der Waals surface area contributed by atoms with Crippen LogP contribution in [0.1, 0.15) is 61.2 Å². The lowest BCUT2D eigenvalue weighted by atomic mass is 9.86. The van der Waals surface area contributed by atoms with Crippen LogP contribution in [0.4, 0.5) is 0 Å². The van der Waals surface area contributed by atoms with E-state index >= 15 is 0 Å². The van der Waals surface area contributed by atoms with Gasteiger partial charge in [0.1, 0.15) is 11.5 Å². The largest absolute Gasteiger partial charge is 0.344 e. The fraction of sp³-hybridized carbons (Fsp3) is 0.389. The second kappa shape index (κ2) is 6.36. The molecule has 1 aromatic heterocycles. The molecule has 0 fully saturated rings. The number of aromatic amines is 1. The van der Waals surface area contributed by atoms with Crippen LogP contribution in [0.3, 0.4) is 0 Å². The number of hydrogen-bond donors (Lipinski definition) is 2. The number of carbonyl (C=O) groups excluding carboxylic acids is 1. The molecule has 0 spiro atoms. The third-order valence-corrected chi connectivity index (χ3v) is 3.72. The zero-order valence-corrected chi connectivity index (χ0v) is 14.2. The van der Waals surface area contributed by atoms with Gasteiger partial charge in [-0.3, -0.25) is 9.59 Å². The summed E-state index contributed by atoms with van der Waals surface area (Å²) in [5, 5.41) is 2.87. The Bertz CT molecular complexity index is 755. The summed E-state index contributed by atoms with van der Waals surface area (Å²) in [6.45, 7) is 10.0. The normalized spacial score (nSPS) is 12.7. The van der Waals surface area contributed by atoms with Crippen LogP contribution < -0.4 is 10.9 Å². The lowest BCUT2D eigenvalue weighted by molar-refractivity contribution is 0.0934. The van der Waals surface area contributed by atoms with Gasteiger partial charge in [-0.05, 0) is 30.4 Å². The topological polar surface area (TPSA) is 74.8 Å². The number of nitrogens with one attached hydrogen (secondary N) is 2. The Morgan fingerprint density at radius 1 is 1.22 bits per heavy atom. The van der Waals surface area contributed by atoms with Crippen molar-refractivity contribution >= 4 is 5.91 Å².